The molecule has 0 bridgehead atoms. The van der Waals surface area contributed by atoms with Crippen LogP contribution < -0.4 is 19.5 Å². The van der Waals surface area contributed by atoms with E-state index in [-0.39, 0.29) is 18.3 Å². The molecule has 0 radical (unpaired) electrons. The van der Waals surface area contributed by atoms with Gasteiger partial charge in [-0.25, -0.2) is 0 Å². The fourth-order valence-corrected chi connectivity index (χ4v) is 4.18. The lowest BCUT2D eigenvalue weighted by atomic mass is 10.2. The largest absolute Gasteiger partial charge is 0.495 e. The number of hydrogen-bond donors (Lipinski definition) is 1. The van der Waals surface area contributed by atoms with Crippen LogP contribution in [0.1, 0.15) is 5.82 Å². The van der Waals surface area contributed by atoms with Gasteiger partial charge in [-0.2, -0.15) is 0 Å². The van der Waals surface area contributed by atoms with Crippen LogP contribution in [0.5, 0.6) is 17.2 Å². The summed E-state index contributed by atoms with van der Waals surface area (Å²) in [7, 11) is 2.98. The quantitative estimate of drug-likeness (QED) is 0.243. The van der Waals surface area contributed by atoms with Gasteiger partial charge in [0.2, 0.25) is 5.91 Å². The Hall–Kier alpha value is -2.59. The first-order chi connectivity index (χ1) is 16.4. The Balaban J connectivity index is 1.68. The lowest BCUT2D eigenvalue weighted by molar-refractivity contribution is -0.113. The first-order valence-corrected chi connectivity index (χ1v) is 11.9. The Bertz CT molecular complexity index is 1190. The van der Waals surface area contributed by atoms with E-state index in [1.807, 2.05) is 0 Å². The van der Waals surface area contributed by atoms with Crippen LogP contribution >= 0.6 is 46.6 Å². The minimum absolute atomic E-state index is 0.0738. The Kier molecular flexibility index (Phi) is 9.35. The third kappa shape index (κ3) is 6.50. The van der Waals surface area contributed by atoms with Crippen LogP contribution in [0.15, 0.2) is 48.1 Å². The van der Waals surface area contributed by atoms with Gasteiger partial charge in [0.15, 0.2) is 11.0 Å². The van der Waals surface area contributed by atoms with Gasteiger partial charge in [0, 0.05) is 29.8 Å². The summed E-state index contributed by atoms with van der Waals surface area (Å²) in [6.07, 6.45) is 1.70. The van der Waals surface area contributed by atoms with Crippen molar-refractivity contribution >= 4 is 58.2 Å². The molecule has 0 spiro atoms. The maximum absolute atomic E-state index is 12.6. The molecule has 8 nitrogen and oxygen atoms in total. The summed E-state index contributed by atoms with van der Waals surface area (Å²) in [5.41, 5.74) is 0.439. The smallest absolute Gasteiger partial charge is 0.234 e. The number of allylic oxidation sites excluding steroid dienone is 1. The number of thioether (sulfide) groups is 1. The molecular weight excluding hydrogens is 523 g/mol. The number of aromatic nitrogens is 3. The fourth-order valence-electron chi connectivity index (χ4n) is 2.85. The normalized spacial score (nSPS) is 10.6. The number of hydrogen-bond acceptors (Lipinski definition) is 7. The summed E-state index contributed by atoms with van der Waals surface area (Å²) < 4.78 is 18.1. The number of carbonyl (C=O) groups is 1. The van der Waals surface area contributed by atoms with E-state index in [9.17, 15) is 4.79 Å². The van der Waals surface area contributed by atoms with Crippen LogP contribution in [-0.2, 0) is 17.9 Å². The SMILES string of the molecule is C=CCn1c(COc2cc(Cl)ccc2Cl)nnc1SCC(=O)Nc1cc(OC)c(Cl)cc1OC. The predicted molar refractivity (Wildman–Crippen MR) is 135 cm³/mol. The standard InChI is InChI=1S/C22H21Cl3N4O4S/c1-4-7-29-20(11-33-18-8-13(23)5-6-14(18)24)27-28-22(29)34-12-21(30)26-16-10-17(31-2)15(25)9-19(16)32-3/h4-6,8-10H,1,7,11-12H2,2-3H3,(H,26,30). The zero-order valence-electron chi connectivity index (χ0n) is 18.3. The zero-order valence-corrected chi connectivity index (χ0v) is 21.4. The first kappa shape index (κ1) is 26.0. The fraction of sp³-hybridized carbons (Fsp3) is 0.227. The number of rotatable bonds is 11. The molecule has 1 heterocycles. The number of anilines is 1. The highest BCUT2D eigenvalue weighted by Gasteiger charge is 2.17. The molecule has 3 rings (SSSR count). The van der Waals surface area contributed by atoms with Crippen molar-refractivity contribution in [2.24, 2.45) is 0 Å². The molecule has 0 fully saturated rings. The second-order valence-electron chi connectivity index (χ2n) is 6.69. The van der Waals surface area contributed by atoms with Gasteiger partial charge in [0.25, 0.3) is 0 Å². The van der Waals surface area contributed by atoms with Gasteiger partial charge in [0.05, 0.1) is 35.7 Å². The van der Waals surface area contributed by atoms with Crippen LogP contribution in [0.3, 0.4) is 0 Å². The number of ether oxygens (including phenoxy) is 3. The van der Waals surface area contributed by atoms with Crippen molar-refractivity contribution < 1.29 is 19.0 Å². The molecule has 3 aromatic rings. The van der Waals surface area contributed by atoms with Crippen LogP contribution in [0.25, 0.3) is 0 Å². The molecular formula is C22H21Cl3N4O4S. The lowest BCUT2D eigenvalue weighted by Gasteiger charge is -2.13. The van der Waals surface area contributed by atoms with E-state index in [0.29, 0.717) is 55.5 Å². The molecule has 1 aromatic heterocycles. The summed E-state index contributed by atoms with van der Waals surface area (Å²) in [5.74, 6) is 1.61. The molecule has 0 aliphatic rings. The molecule has 1 N–H and O–H groups in total. The topological polar surface area (TPSA) is 87.5 Å². The minimum Gasteiger partial charge on any atom is -0.495 e. The van der Waals surface area contributed by atoms with E-state index in [2.05, 4.69) is 22.1 Å². The Morgan fingerprint density at radius 3 is 2.56 bits per heavy atom. The number of methoxy groups -OCH3 is 2. The molecule has 0 atom stereocenters. The summed E-state index contributed by atoms with van der Waals surface area (Å²) in [4.78, 5) is 12.6. The van der Waals surface area contributed by atoms with Gasteiger partial charge in [0.1, 0.15) is 23.9 Å². The average molecular weight is 544 g/mol. The van der Waals surface area contributed by atoms with Crippen molar-refractivity contribution in [2.75, 3.05) is 25.3 Å². The first-order valence-electron chi connectivity index (χ1n) is 9.81. The van der Waals surface area contributed by atoms with Crippen LogP contribution in [-0.4, -0.2) is 40.6 Å². The van der Waals surface area contributed by atoms with Gasteiger partial charge >= 0.3 is 0 Å². The zero-order chi connectivity index (χ0) is 24.7. The van der Waals surface area contributed by atoms with Crippen molar-refractivity contribution in [3.63, 3.8) is 0 Å². The van der Waals surface area contributed by atoms with Gasteiger partial charge in [-0.05, 0) is 12.1 Å². The van der Waals surface area contributed by atoms with Crippen molar-refractivity contribution in [3.8, 4) is 17.2 Å². The summed E-state index contributed by atoms with van der Waals surface area (Å²) in [6, 6.07) is 8.12. The van der Waals surface area contributed by atoms with Gasteiger partial charge in [-0.3, -0.25) is 9.36 Å². The maximum atomic E-state index is 12.6. The van der Waals surface area contributed by atoms with E-state index in [0.717, 1.165) is 0 Å². The number of amides is 1. The molecule has 0 aliphatic carbocycles. The highest BCUT2D eigenvalue weighted by Crippen LogP contribution is 2.36. The summed E-state index contributed by atoms with van der Waals surface area (Å²) >= 11 is 19.5. The van der Waals surface area contributed by atoms with Crippen LogP contribution in [0, 0.1) is 0 Å². The summed E-state index contributed by atoms with van der Waals surface area (Å²) in [5, 5.41) is 13.0. The third-order valence-corrected chi connectivity index (χ3v) is 6.24. The molecule has 0 unspecified atom stereocenters. The number of carbonyl (C=O) groups excluding carboxylic acids is 1. The van der Waals surface area contributed by atoms with E-state index in [1.54, 1.807) is 41.0 Å². The molecule has 0 saturated heterocycles. The van der Waals surface area contributed by atoms with Crippen LogP contribution in [0.2, 0.25) is 15.1 Å². The molecule has 12 heteroatoms. The third-order valence-electron chi connectivity index (χ3n) is 4.44. The van der Waals surface area contributed by atoms with E-state index >= 15 is 0 Å². The highest BCUT2D eigenvalue weighted by molar-refractivity contribution is 7.99. The lowest BCUT2D eigenvalue weighted by Crippen LogP contribution is -2.15. The Labute approximate surface area is 216 Å². The summed E-state index contributed by atoms with van der Waals surface area (Å²) in [6.45, 7) is 4.31. The second kappa shape index (κ2) is 12.2. The van der Waals surface area contributed by atoms with Gasteiger partial charge < -0.3 is 19.5 Å². The minimum atomic E-state index is -0.274. The number of nitrogens with zero attached hydrogens (tertiary/aromatic N) is 3. The van der Waals surface area contributed by atoms with E-state index in [4.69, 9.17) is 49.0 Å². The van der Waals surface area contributed by atoms with Gasteiger partial charge in [-0.15, -0.1) is 16.8 Å². The number of nitrogens with one attached hydrogen (secondary N) is 1. The predicted octanol–water partition coefficient (Wildman–Crippen LogP) is 5.75. The number of halogens is 3. The monoisotopic (exact) mass is 542 g/mol. The van der Waals surface area contributed by atoms with Crippen molar-refractivity contribution in [1.29, 1.82) is 0 Å². The average Bonchev–Trinajstić information content (AvgIpc) is 3.20. The van der Waals surface area contributed by atoms with Crippen molar-refractivity contribution in [2.45, 2.75) is 18.3 Å². The molecule has 180 valence electrons. The van der Waals surface area contributed by atoms with Crippen molar-refractivity contribution in [1.82, 2.24) is 14.8 Å². The van der Waals surface area contributed by atoms with Gasteiger partial charge in [-0.1, -0.05) is 52.6 Å². The van der Waals surface area contributed by atoms with E-state index in [1.165, 1.54) is 26.0 Å². The molecule has 34 heavy (non-hydrogen) atoms. The molecule has 0 aliphatic heterocycles. The van der Waals surface area contributed by atoms with E-state index < -0.39 is 0 Å². The molecule has 0 saturated carbocycles. The number of benzene rings is 2. The maximum Gasteiger partial charge on any atom is 0.234 e. The van der Waals surface area contributed by atoms with Crippen LogP contribution in [0.4, 0.5) is 5.69 Å². The highest BCUT2D eigenvalue weighted by atomic mass is 35.5. The molecule has 1 amide bonds. The Morgan fingerprint density at radius 1 is 1.09 bits per heavy atom. The van der Waals surface area contributed by atoms with Crippen molar-refractivity contribution in [3.05, 3.63) is 63.9 Å². The second-order valence-corrected chi connectivity index (χ2v) is 8.88. The Morgan fingerprint density at radius 2 is 1.85 bits per heavy atom. The molecule has 2 aromatic carbocycles.